The Morgan fingerprint density at radius 3 is 2.57 bits per heavy atom. The molecule has 2 aromatic carbocycles. The Labute approximate surface area is 198 Å². The van der Waals surface area contributed by atoms with Gasteiger partial charge in [-0.3, -0.25) is 9.59 Å². The van der Waals surface area contributed by atoms with Gasteiger partial charge in [0.2, 0.25) is 5.91 Å². The maximum Gasteiger partial charge on any atom is 0.274 e. The predicted molar refractivity (Wildman–Crippen MR) is 127 cm³/mol. The van der Waals surface area contributed by atoms with Gasteiger partial charge >= 0.3 is 0 Å². The molecule has 4 aromatic rings. The number of nitrogens with two attached hydrogens (primary N) is 1. The lowest BCUT2D eigenvalue weighted by molar-refractivity contribution is -0.125. The van der Waals surface area contributed by atoms with Crippen LogP contribution in [0.5, 0.6) is 11.5 Å². The minimum absolute atomic E-state index is 0.0313. The molecule has 1 aliphatic rings. The van der Waals surface area contributed by atoms with Crippen LogP contribution in [0, 0.1) is 11.6 Å². The number of likely N-dealkylation sites (tertiary alicyclic amines) is 1. The summed E-state index contributed by atoms with van der Waals surface area (Å²) in [5.74, 6) is -1.14. The first-order valence-electron chi connectivity index (χ1n) is 10.9. The van der Waals surface area contributed by atoms with E-state index in [2.05, 4.69) is 16.8 Å². The lowest BCUT2D eigenvalue weighted by atomic mass is 9.99. The third-order valence-electron chi connectivity index (χ3n) is 6.08. The number of carbonyl (C=O) groups excluding carboxylic acids is 1. The number of aromatic amines is 1. The largest absolute Gasteiger partial charge is 0.457 e. The number of nitrogens with one attached hydrogen (secondary N) is 1. The monoisotopic (exact) mass is 477 g/mol. The number of amides is 1. The van der Waals surface area contributed by atoms with Gasteiger partial charge in [-0.2, -0.15) is 5.10 Å². The number of hydrogen-bond acceptors (Lipinski definition) is 5. The van der Waals surface area contributed by atoms with Crippen LogP contribution < -0.4 is 16.0 Å². The van der Waals surface area contributed by atoms with Crippen molar-refractivity contribution >= 4 is 22.6 Å². The molecular formula is C25H21F2N5O3. The van der Waals surface area contributed by atoms with E-state index in [1.165, 1.54) is 6.08 Å². The number of nitrogens with zero attached hydrogens (tertiary/aromatic N) is 3. The van der Waals surface area contributed by atoms with Crippen LogP contribution in [0.15, 0.2) is 66.1 Å². The number of halogens is 2. The molecule has 1 aliphatic heterocycles. The van der Waals surface area contributed by atoms with Gasteiger partial charge in [0.15, 0.2) is 5.82 Å². The zero-order chi connectivity index (χ0) is 24.7. The lowest BCUT2D eigenvalue weighted by Gasteiger charge is -2.13. The van der Waals surface area contributed by atoms with Crippen LogP contribution in [0.4, 0.5) is 14.6 Å². The number of rotatable bonds is 5. The first-order chi connectivity index (χ1) is 16.8. The molecule has 1 fully saturated rings. The Morgan fingerprint density at radius 2 is 1.89 bits per heavy atom. The second-order valence-corrected chi connectivity index (χ2v) is 8.29. The van der Waals surface area contributed by atoms with Gasteiger partial charge in [0.25, 0.3) is 5.56 Å². The highest BCUT2D eigenvalue weighted by Gasteiger charge is 2.30. The fourth-order valence-corrected chi connectivity index (χ4v) is 4.49. The second-order valence-electron chi connectivity index (χ2n) is 8.29. The molecule has 0 saturated carbocycles. The predicted octanol–water partition coefficient (Wildman–Crippen LogP) is 3.87. The van der Waals surface area contributed by atoms with Crippen molar-refractivity contribution in [2.75, 3.05) is 18.8 Å². The molecule has 0 radical (unpaired) electrons. The van der Waals surface area contributed by atoms with Gasteiger partial charge in [-0.05, 0) is 42.3 Å². The summed E-state index contributed by atoms with van der Waals surface area (Å²) in [4.78, 5) is 26.5. The van der Waals surface area contributed by atoms with Crippen molar-refractivity contribution in [3.63, 3.8) is 0 Å². The average molecular weight is 477 g/mol. The van der Waals surface area contributed by atoms with E-state index in [4.69, 9.17) is 10.5 Å². The third-order valence-corrected chi connectivity index (χ3v) is 6.08. The van der Waals surface area contributed by atoms with Gasteiger partial charge in [0.05, 0.1) is 5.39 Å². The molecule has 178 valence electrons. The maximum absolute atomic E-state index is 13.5. The fourth-order valence-electron chi connectivity index (χ4n) is 4.49. The second kappa shape index (κ2) is 8.71. The van der Waals surface area contributed by atoms with E-state index in [9.17, 15) is 18.4 Å². The van der Waals surface area contributed by atoms with Crippen LogP contribution in [-0.2, 0) is 4.79 Å². The minimum atomic E-state index is -0.739. The molecule has 3 N–H and O–H groups in total. The van der Waals surface area contributed by atoms with E-state index in [1.54, 1.807) is 33.7 Å². The van der Waals surface area contributed by atoms with Crippen molar-refractivity contribution in [2.45, 2.75) is 12.3 Å². The lowest BCUT2D eigenvalue weighted by Crippen LogP contribution is -2.26. The van der Waals surface area contributed by atoms with Crippen molar-refractivity contribution < 1.29 is 18.3 Å². The number of aromatic nitrogens is 3. The summed E-state index contributed by atoms with van der Waals surface area (Å²) >= 11 is 0. The van der Waals surface area contributed by atoms with Gasteiger partial charge < -0.3 is 19.9 Å². The molecule has 0 unspecified atom stereocenters. The highest BCUT2D eigenvalue weighted by Crippen LogP contribution is 2.35. The van der Waals surface area contributed by atoms with E-state index in [1.807, 2.05) is 6.20 Å². The SMILES string of the molecule is C=CC(=O)N1CC[C@@H](c2cn(-c3ccc(Oc4cc(F)cc(F)c4)cc3)c3c(N)n[nH]c(=O)c23)C1. The van der Waals surface area contributed by atoms with Crippen molar-refractivity contribution in [2.24, 2.45) is 0 Å². The Balaban J connectivity index is 1.52. The third kappa shape index (κ3) is 4.14. The maximum atomic E-state index is 13.5. The zero-order valence-electron chi connectivity index (χ0n) is 18.5. The molecule has 5 rings (SSSR count). The number of fused-ring (bicyclic) bond motifs is 1. The van der Waals surface area contributed by atoms with Crippen LogP contribution in [0.25, 0.3) is 16.6 Å². The molecule has 2 aromatic heterocycles. The average Bonchev–Trinajstić information content (AvgIpc) is 3.47. The van der Waals surface area contributed by atoms with Crippen molar-refractivity contribution in [3.8, 4) is 17.2 Å². The molecule has 1 amide bonds. The van der Waals surface area contributed by atoms with E-state index >= 15 is 0 Å². The van der Waals surface area contributed by atoms with Crippen LogP contribution in [0.3, 0.4) is 0 Å². The summed E-state index contributed by atoms with van der Waals surface area (Å²) in [7, 11) is 0. The Hall–Kier alpha value is -4.47. The van der Waals surface area contributed by atoms with Crippen molar-refractivity contribution in [3.05, 3.63) is 88.9 Å². The summed E-state index contributed by atoms with van der Waals surface area (Å²) in [5, 5.41) is 6.79. The molecule has 1 atom stereocenters. The normalized spacial score (nSPS) is 15.5. The molecule has 0 bridgehead atoms. The Morgan fingerprint density at radius 1 is 1.17 bits per heavy atom. The summed E-state index contributed by atoms with van der Waals surface area (Å²) < 4.78 is 34.3. The molecule has 3 heterocycles. The van der Waals surface area contributed by atoms with Crippen molar-refractivity contribution in [1.29, 1.82) is 0 Å². The van der Waals surface area contributed by atoms with E-state index in [-0.39, 0.29) is 29.0 Å². The first-order valence-corrected chi connectivity index (χ1v) is 10.9. The van der Waals surface area contributed by atoms with E-state index in [0.717, 1.165) is 23.8 Å². The van der Waals surface area contributed by atoms with Gasteiger partial charge in [-0.1, -0.05) is 6.58 Å². The number of nitrogen functional groups attached to an aromatic ring is 1. The Bertz CT molecular complexity index is 1490. The number of benzene rings is 2. The number of ether oxygens (including phenoxy) is 1. The molecule has 0 aliphatic carbocycles. The first kappa shape index (κ1) is 22.3. The summed E-state index contributed by atoms with van der Waals surface area (Å²) in [6.07, 6.45) is 3.81. The highest BCUT2D eigenvalue weighted by molar-refractivity contribution is 5.92. The van der Waals surface area contributed by atoms with Gasteiger partial charge in [0.1, 0.15) is 28.7 Å². The number of anilines is 1. The fraction of sp³-hybridized carbons (Fsp3) is 0.160. The number of H-pyrrole nitrogens is 1. The standard InChI is InChI=1S/C25H21F2N5O3/c1-2-21(33)31-8-7-14(12-31)20-13-32(23-22(20)25(34)30-29-24(23)28)17-3-5-18(6-4-17)35-19-10-15(26)9-16(27)11-19/h2-6,9-11,13-14H,1,7-8,12H2,(H2,28,29)(H,30,34)/t14-/m1/s1. The van der Waals surface area contributed by atoms with Crippen LogP contribution in [0.2, 0.25) is 0 Å². The zero-order valence-corrected chi connectivity index (χ0v) is 18.5. The topological polar surface area (TPSA) is 106 Å². The summed E-state index contributed by atoms with van der Waals surface area (Å²) in [6, 6.07) is 9.68. The van der Waals surface area contributed by atoms with Gasteiger partial charge in [-0.15, -0.1) is 0 Å². The number of carbonyl (C=O) groups is 1. The van der Waals surface area contributed by atoms with E-state index < -0.39 is 11.6 Å². The van der Waals surface area contributed by atoms with Gasteiger partial charge in [-0.25, -0.2) is 13.9 Å². The van der Waals surface area contributed by atoms with Gasteiger partial charge in [0, 0.05) is 49.1 Å². The highest BCUT2D eigenvalue weighted by atomic mass is 19.1. The van der Waals surface area contributed by atoms with Crippen LogP contribution in [-0.4, -0.2) is 38.7 Å². The molecular weight excluding hydrogens is 456 g/mol. The molecule has 1 saturated heterocycles. The summed E-state index contributed by atoms with van der Waals surface area (Å²) in [6.45, 7) is 4.57. The smallest absolute Gasteiger partial charge is 0.274 e. The quantitative estimate of drug-likeness (QED) is 0.425. The van der Waals surface area contributed by atoms with E-state index in [0.29, 0.717) is 41.9 Å². The van der Waals surface area contributed by atoms with Crippen molar-refractivity contribution in [1.82, 2.24) is 19.7 Å². The minimum Gasteiger partial charge on any atom is -0.457 e. The number of hydrogen-bond donors (Lipinski definition) is 2. The molecule has 10 heteroatoms. The Kier molecular flexibility index (Phi) is 5.56. The molecule has 35 heavy (non-hydrogen) atoms. The van der Waals surface area contributed by atoms with Crippen LogP contribution in [0.1, 0.15) is 17.9 Å². The molecule has 0 spiro atoms. The summed E-state index contributed by atoms with van der Waals surface area (Å²) in [5.41, 5.74) is 7.69. The molecule has 8 nitrogen and oxygen atoms in total. The van der Waals surface area contributed by atoms with Crippen LogP contribution >= 0.6 is 0 Å².